The van der Waals surface area contributed by atoms with E-state index in [0.29, 0.717) is 22.9 Å². The van der Waals surface area contributed by atoms with Gasteiger partial charge in [0.1, 0.15) is 0 Å². The lowest BCUT2D eigenvalue weighted by molar-refractivity contribution is -0.231. The average Bonchev–Trinajstić information content (AvgIpc) is 3.09. The van der Waals surface area contributed by atoms with E-state index in [2.05, 4.69) is 48.1 Å². The van der Waals surface area contributed by atoms with Crippen LogP contribution >= 0.6 is 0 Å². The van der Waals surface area contributed by atoms with Gasteiger partial charge in [-0.3, -0.25) is 0 Å². The maximum Gasteiger partial charge on any atom is 0.0490 e. The molecule has 5 aliphatic carbocycles. The minimum Gasteiger partial charge on any atom is -0.396 e. The molecule has 0 spiro atoms. The lowest BCUT2D eigenvalue weighted by Crippen LogP contribution is -2.64. The molecule has 0 aromatic carbocycles. The molecule has 0 aliphatic heterocycles. The maximum atomic E-state index is 10.5. The number of fused-ring (bicyclic) bond motifs is 7. The largest absolute Gasteiger partial charge is 0.396 e. The summed E-state index contributed by atoms with van der Waals surface area (Å²) in [6.07, 6.45) is 15.9. The molecule has 1 nitrogen and oxygen atoms in total. The predicted octanol–water partition coefficient (Wildman–Crippen LogP) is 8.52. The summed E-state index contributed by atoms with van der Waals surface area (Å²) < 4.78 is 0. The number of rotatable bonds is 1. The fraction of sp³-hybridized carbons (Fsp3) is 0.935. The summed E-state index contributed by atoms with van der Waals surface area (Å²) in [5.41, 5.74) is 1.84. The molecule has 32 heavy (non-hydrogen) atoms. The van der Waals surface area contributed by atoms with E-state index in [4.69, 9.17) is 0 Å². The average molecular weight is 443 g/mol. The van der Waals surface area contributed by atoms with Gasteiger partial charge in [-0.1, -0.05) is 47.6 Å². The molecule has 10 unspecified atom stereocenters. The molecule has 5 fully saturated rings. The minimum atomic E-state index is 0.267. The van der Waals surface area contributed by atoms with Crippen LogP contribution in [0.2, 0.25) is 0 Å². The molecule has 1 N–H and O–H groups in total. The minimum absolute atomic E-state index is 0.267. The molecule has 1 heteroatoms. The Kier molecular flexibility index (Phi) is 6.53. The monoisotopic (exact) mass is 442 g/mol. The first-order valence-electron chi connectivity index (χ1n) is 14.2. The fourth-order valence-electron chi connectivity index (χ4n) is 11.2. The van der Waals surface area contributed by atoms with E-state index in [1.807, 2.05) is 6.92 Å². The Morgan fingerprint density at radius 3 is 2.19 bits per heavy atom. The first-order valence-corrected chi connectivity index (χ1v) is 14.2. The van der Waals surface area contributed by atoms with Crippen LogP contribution in [-0.2, 0) is 0 Å². The Morgan fingerprint density at radius 1 is 0.844 bits per heavy atom. The normalized spacial score (nSPS) is 56.6. The Bertz CT molecular complexity index is 699. The molecule has 5 aliphatic rings. The van der Waals surface area contributed by atoms with Crippen LogP contribution in [0.25, 0.3) is 0 Å². The molecule has 5 rings (SSSR count). The van der Waals surface area contributed by atoms with Crippen LogP contribution < -0.4 is 0 Å². The van der Waals surface area contributed by atoms with Gasteiger partial charge in [0.05, 0.1) is 0 Å². The van der Waals surface area contributed by atoms with Gasteiger partial charge in [-0.05, 0) is 134 Å². The third kappa shape index (κ3) is 3.25. The van der Waals surface area contributed by atoms with Gasteiger partial charge < -0.3 is 5.11 Å². The van der Waals surface area contributed by atoms with Gasteiger partial charge in [0.15, 0.2) is 0 Å². The van der Waals surface area contributed by atoms with Gasteiger partial charge in [0.25, 0.3) is 0 Å². The number of hydrogen-bond donors (Lipinski definition) is 1. The maximum absolute atomic E-state index is 10.5. The van der Waals surface area contributed by atoms with Crippen LogP contribution in [0.1, 0.15) is 113 Å². The van der Waals surface area contributed by atoms with Gasteiger partial charge in [0, 0.05) is 6.61 Å². The Morgan fingerprint density at radius 2 is 1.53 bits per heavy atom. The van der Waals surface area contributed by atoms with Crippen molar-refractivity contribution < 1.29 is 5.11 Å². The van der Waals surface area contributed by atoms with Crippen molar-refractivity contribution in [3.8, 4) is 0 Å². The molecule has 0 aromatic heterocycles. The highest BCUT2D eigenvalue weighted by atomic mass is 16.3. The van der Waals surface area contributed by atoms with Gasteiger partial charge in [0.2, 0.25) is 0 Å². The summed E-state index contributed by atoms with van der Waals surface area (Å²) in [6, 6.07) is 0. The molecule has 0 aromatic rings. The number of allylic oxidation sites excluding steroid dienone is 1. The van der Waals surface area contributed by atoms with Crippen molar-refractivity contribution in [1.29, 1.82) is 0 Å². The highest BCUT2D eigenvalue weighted by molar-refractivity contribution is 5.17. The second-order valence-electron chi connectivity index (χ2n) is 14.2. The molecular weight excluding hydrogens is 388 g/mol. The highest BCUT2D eigenvalue weighted by Gasteiger charge is 2.69. The zero-order valence-electron chi connectivity index (χ0n) is 22.6. The van der Waals surface area contributed by atoms with Gasteiger partial charge >= 0.3 is 0 Å². The van der Waals surface area contributed by atoms with E-state index in [9.17, 15) is 5.11 Å². The lowest BCUT2D eigenvalue weighted by atomic mass is 9.33. The standard InChI is InChI=1S/C28H48O.C3H6/c1-18-15-23-22-7-8-24-25(4)11-9-19(2)20(3)21(25)10-12-27(24,6)26(22,5)13-14-28(23,16-18)17-29;1-3-2/h18-24,29H,7-17H2,1-6H3;3H,1H2,2H3/t18?,19?,20?,21?,22?,23?,24?,25?,26-,27?,28?;/m1./s1. The summed E-state index contributed by atoms with van der Waals surface area (Å²) in [6.45, 7) is 21.5. The van der Waals surface area contributed by atoms with Crippen molar-refractivity contribution in [3.63, 3.8) is 0 Å². The van der Waals surface area contributed by atoms with Crippen LogP contribution in [0.15, 0.2) is 12.7 Å². The lowest BCUT2D eigenvalue weighted by Gasteiger charge is -2.71. The smallest absolute Gasteiger partial charge is 0.0490 e. The van der Waals surface area contributed by atoms with Crippen molar-refractivity contribution in [2.75, 3.05) is 6.61 Å². The summed E-state index contributed by atoms with van der Waals surface area (Å²) in [5.74, 6) is 6.16. The first kappa shape index (κ1) is 24.8. The van der Waals surface area contributed by atoms with Crippen molar-refractivity contribution in [2.45, 2.75) is 113 Å². The molecule has 0 bridgehead atoms. The third-order valence-electron chi connectivity index (χ3n) is 13.1. The number of hydrogen-bond acceptors (Lipinski definition) is 1. The zero-order chi connectivity index (χ0) is 23.5. The molecule has 184 valence electrons. The summed E-state index contributed by atoms with van der Waals surface area (Å²) in [7, 11) is 0. The first-order chi connectivity index (χ1) is 15.0. The van der Waals surface area contributed by atoms with Crippen molar-refractivity contribution >= 4 is 0 Å². The van der Waals surface area contributed by atoms with E-state index in [0.717, 1.165) is 41.4 Å². The predicted molar refractivity (Wildman–Crippen MR) is 137 cm³/mol. The second-order valence-corrected chi connectivity index (χ2v) is 14.2. The van der Waals surface area contributed by atoms with E-state index in [1.54, 1.807) is 6.08 Å². The van der Waals surface area contributed by atoms with Gasteiger partial charge in [-0.2, -0.15) is 0 Å². The van der Waals surface area contributed by atoms with Gasteiger partial charge in [-0.15, -0.1) is 6.58 Å². The molecule has 11 atom stereocenters. The number of aliphatic hydroxyl groups excluding tert-OH is 1. The Hall–Kier alpha value is -0.300. The Balaban J connectivity index is 0.000000775. The molecule has 0 amide bonds. The molecule has 0 saturated heterocycles. The zero-order valence-corrected chi connectivity index (χ0v) is 22.6. The van der Waals surface area contributed by atoms with Crippen LogP contribution in [0.3, 0.4) is 0 Å². The number of aliphatic hydroxyl groups is 1. The van der Waals surface area contributed by atoms with Crippen LogP contribution in [0.4, 0.5) is 0 Å². The van der Waals surface area contributed by atoms with Crippen LogP contribution in [-0.4, -0.2) is 11.7 Å². The SMILES string of the molecule is C=CC.CC1CC2C3CCC4C5(C)CCC(C)C(C)C5CCC4(C)[C@]3(C)CCC2(CO)C1. The topological polar surface area (TPSA) is 20.2 Å². The van der Waals surface area contributed by atoms with Crippen LogP contribution in [0, 0.1) is 63.1 Å². The van der Waals surface area contributed by atoms with Crippen molar-refractivity contribution in [1.82, 2.24) is 0 Å². The Labute approximate surface area is 200 Å². The second kappa shape index (κ2) is 8.42. The summed E-state index contributed by atoms with van der Waals surface area (Å²) >= 11 is 0. The molecule has 5 saturated carbocycles. The third-order valence-corrected chi connectivity index (χ3v) is 13.1. The summed E-state index contributed by atoms with van der Waals surface area (Å²) in [5, 5.41) is 10.5. The van der Waals surface area contributed by atoms with Crippen LogP contribution in [0.5, 0.6) is 0 Å². The van der Waals surface area contributed by atoms with Gasteiger partial charge in [-0.25, -0.2) is 0 Å². The van der Waals surface area contributed by atoms with E-state index < -0.39 is 0 Å². The van der Waals surface area contributed by atoms with E-state index in [1.165, 1.54) is 64.2 Å². The fourth-order valence-corrected chi connectivity index (χ4v) is 11.2. The van der Waals surface area contributed by atoms with Crippen molar-refractivity contribution in [3.05, 3.63) is 12.7 Å². The molecular formula is C31H54O. The molecule has 0 radical (unpaired) electrons. The van der Waals surface area contributed by atoms with E-state index >= 15 is 0 Å². The van der Waals surface area contributed by atoms with E-state index in [-0.39, 0.29) is 5.41 Å². The quantitative estimate of drug-likeness (QED) is 0.403. The highest BCUT2D eigenvalue weighted by Crippen LogP contribution is 2.76. The summed E-state index contributed by atoms with van der Waals surface area (Å²) in [4.78, 5) is 0. The van der Waals surface area contributed by atoms with Crippen molar-refractivity contribution in [2.24, 2.45) is 63.1 Å². The molecule has 0 heterocycles.